The van der Waals surface area contributed by atoms with Gasteiger partial charge < -0.3 is 10.4 Å². The molecule has 122 valence electrons. The number of carboxylic acid groups (broad SMARTS) is 1. The second-order valence-corrected chi connectivity index (χ2v) is 7.60. The molecule has 1 amide bonds. The van der Waals surface area contributed by atoms with Crippen LogP contribution >= 0.6 is 0 Å². The van der Waals surface area contributed by atoms with Crippen LogP contribution in [0.2, 0.25) is 0 Å². The zero-order valence-corrected chi connectivity index (χ0v) is 13.7. The molecule has 0 saturated carbocycles. The molecule has 0 aliphatic carbocycles. The lowest BCUT2D eigenvalue weighted by atomic mass is 10.1. The monoisotopic (exact) mass is 328 g/mol. The average Bonchev–Trinajstić information content (AvgIpc) is 2.35. The number of sulfonamides is 1. The third kappa shape index (κ3) is 5.12. The molecule has 22 heavy (non-hydrogen) atoms. The highest BCUT2D eigenvalue weighted by atomic mass is 32.2. The van der Waals surface area contributed by atoms with Crippen molar-refractivity contribution in [2.75, 3.05) is 0 Å². The van der Waals surface area contributed by atoms with E-state index in [2.05, 4.69) is 10.0 Å². The summed E-state index contributed by atoms with van der Waals surface area (Å²) in [5.41, 5.74) is -0.436. The van der Waals surface area contributed by atoms with E-state index >= 15 is 0 Å². The molecule has 1 aromatic rings. The van der Waals surface area contributed by atoms with E-state index in [1.54, 1.807) is 20.8 Å². The molecule has 7 nitrogen and oxygen atoms in total. The minimum Gasteiger partial charge on any atom is -0.480 e. The summed E-state index contributed by atoms with van der Waals surface area (Å²) in [5, 5.41) is 11.0. The zero-order valence-electron chi connectivity index (χ0n) is 12.9. The number of nitrogens with one attached hydrogen (secondary N) is 2. The number of amides is 1. The Bertz CT molecular complexity index is 659. The SMILES string of the molecule is CC(NC(=O)c1ccc(S(=O)(=O)NC(C)(C)C)cc1)C(=O)O. The lowest BCUT2D eigenvalue weighted by Gasteiger charge is -2.20. The van der Waals surface area contributed by atoms with Crippen LogP contribution in [0.3, 0.4) is 0 Å². The molecular formula is C14H20N2O5S. The van der Waals surface area contributed by atoms with Gasteiger partial charge in [0.05, 0.1) is 4.90 Å². The van der Waals surface area contributed by atoms with Crippen molar-refractivity contribution in [1.29, 1.82) is 0 Å². The van der Waals surface area contributed by atoms with Crippen molar-refractivity contribution < 1.29 is 23.1 Å². The molecule has 0 saturated heterocycles. The molecule has 0 aromatic heterocycles. The van der Waals surface area contributed by atoms with E-state index in [0.29, 0.717) is 0 Å². The first kappa shape index (κ1) is 18.1. The Kier molecular flexibility index (Phi) is 5.31. The van der Waals surface area contributed by atoms with Gasteiger partial charge in [0.2, 0.25) is 10.0 Å². The summed E-state index contributed by atoms with van der Waals surface area (Å²) in [5.74, 6) is -1.73. The third-order valence-corrected chi connectivity index (χ3v) is 4.36. The molecule has 0 aliphatic rings. The summed E-state index contributed by atoms with van der Waals surface area (Å²) >= 11 is 0. The Morgan fingerprint density at radius 1 is 1.14 bits per heavy atom. The Labute approximate surface area is 129 Å². The summed E-state index contributed by atoms with van der Waals surface area (Å²) in [6, 6.07) is 4.24. The number of aliphatic carboxylic acids is 1. The summed E-state index contributed by atoms with van der Waals surface area (Å²) in [6.45, 7) is 6.51. The van der Waals surface area contributed by atoms with Crippen LogP contribution in [0.15, 0.2) is 29.2 Å². The van der Waals surface area contributed by atoms with Crippen LogP contribution in [0.4, 0.5) is 0 Å². The molecule has 0 radical (unpaired) electrons. The standard InChI is InChI=1S/C14H20N2O5S/c1-9(13(18)19)15-12(17)10-5-7-11(8-6-10)22(20,21)16-14(2,3)4/h5-9,16H,1-4H3,(H,15,17)(H,18,19). The van der Waals surface area contributed by atoms with Crippen molar-refractivity contribution in [1.82, 2.24) is 10.0 Å². The van der Waals surface area contributed by atoms with Gasteiger partial charge in [-0.2, -0.15) is 0 Å². The largest absolute Gasteiger partial charge is 0.480 e. The highest BCUT2D eigenvalue weighted by molar-refractivity contribution is 7.89. The number of hydrogen-bond donors (Lipinski definition) is 3. The van der Waals surface area contributed by atoms with Crippen LogP contribution in [-0.4, -0.2) is 37.0 Å². The summed E-state index contributed by atoms with van der Waals surface area (Å²) < 4.78 is 26.7. The first-order valence-electron chi connectivity index (χ1n) is 6.60. The van der Waals surface area contributed by atoms with E-state index in [0.717, 1.165) is 0 Å². The topological polar surface area (TPSA) is 113 Å². The number of carbonyl (C=O) groups excluding carboxylic acids is 1. The van der Waals surface area contributed by atoms with Gasteiger partial charge in [0.25, 0.3) is 5.91 Å². The zero-order chi connectivity index (χ0) is 17.1. The van der Waals surface area contributed by atoms with Gasteiger partial charge in [-0.15, -0.1) is 0 Å². The number of carbonyl (C=O) groups is 2. The van der Waals surface area contributed by atoms with Gasteiger partial charge in [0, 0.05) is 11.1 Å². The quantitative estimate of drug-likeness (QED) is 0.745. The number of hydrogen-bond acceptors (Lipinski definition) is 4. The van der Waals surface area contributed by atoms with E-state index in [-0.39, 0.29) is 10.5 Å². The molecule has 1 unspecified atom stereocenters. The van der Waals surface area contributed by atoms with Gasteiger partial charge in [-0.3, -0.25) is 9.59 Å². The second-order valence-electron chi connectivity index (χ2n) is 5.91. The minimum absolute atomic E-state index is 0.0326. The Hall–Kier alpha value is -1.93. The fourth-order valence-corrected chi connectivity index (χ4v) is 3.01. The lowest BCUT2D eigenvalue weighted by molar-refractivity contribution is -0.138. The van der Waals surface area contributed by atoms with Crippen LogP contribution in [0, 0.1) is 0 Å². The van der Waals surface area contributed by atoms with Crippen molar-refractivity contribution >= 4 is 21.9 Å². The Morgan fingerprint density at radius 3 is 2.05 bits per heavy atom. The van der Waals surface area contributed by atoms with Gasteiger partial charge in [-0.25, -0.2) is 13.1 Å². The van der Waals surface area contributed by atoms with Crippen molar-refractivity contribution in [2.45, 2.75) is 44.2 Å². The molecule has 8 heteroatoms. The van der Waals surface area contributed by atoms with E-state index in [4.69, 9.17) is 5.11 Å². The highest BCUT2D eigenvalue weighted by Gasteiger charge is 2.22. The molecule has 0 fully saturated rings. The lowest BCUT2D eigenvalue weighted by Crippen LogP contribution is -2.40. The first-order valence-corrected chi connectivity index (χ1v) is 8.08. The van der Waals surface area contributed by atoms with Gasteiger partial charge >= 0.3 is 5.97 Å². The Balaban J connectivity index is 2.91. The molecule has 1 aromatic carbocycles. The average molecular weight is 328 g/mol. The van der Waals surface area contributed by atoms with Crippen molar-refractivity contribution in [2.24, 2.45) is 0 Å². The van der Waals surface area contributed by atoms with Crippen LogP contribution in [0.25, 0.3) is 0 Å². The van der Waals surface area contributed by atoms with E-state index in [9.17, 15) is 18.0 Å². The summed E-state index contributed by atoms with van der Waals surface area (Å²) in [4.78, 5) is 22.5. The van der Waals surface area contributed by atoms with Gasteiger partial charge in [0.1, 0.15) is 6.04 Å². The maximum absolute atomic E-state index is 12.1. The minimum atomic E-state index is -3.67. The van der Waals surface area contributed by atoms with Gasteiger partial charge in [-0.05, 0) is 52.0 Å². The van der Waals surface area contributed by atoms with Gasteiger partial charge in [0.15, 0.2) is 0 Å². The predicted octanol–water partition coefficient (Wildman–Crippen LogP) is 0.966. The summed E-state index contributed by atoms with van der Waals surface area (Å²) in [6.07, 6.45) is 0. The fourth-order valence-electron chi connectivity index (χ4n) is 1.59. The fraction of sp³-hybridized carbons (Fsp3) is 0.429. The maximum Gasteiger partial charge on any atom is 0.325 e. The molecule has 0 bridgehead atoms. The third-order valence-electron chi connectivity index (χ3n) is 2.59. The molecule has 0 heterocycles. The van der Waals surface area contributed by atoms with E-state index in [1.165, 1.54) is 31.2 Å². The predicted molar refractivity (Wildman–Crippen MR) is 81.1 cm³/mol. The van der Waals surface area contributed by atoms with Crippen LogP contribution in [0.1, 0.15) is 38.1 Å². The summed E-state index contributed by atoms with van der Waals surface area (Å²) in [7, 11) is -3.67. The number of carboxylic acids is 1. The second kappa shape index (κ2) is 6.45. The van der Waals surface area contributed by atoms with Crippen LogP contribution in [-0.2, 0) is 14.8 Å². The maximum atomic E-state index is 12.1. The van der Waals surface area contributed by atoms with Crippen LogP contribution in [0.5, 0.6) is 0 Å². The number of benzene rings is 1. The normalized spacial score (nSPS) is 13.5. The number of rotatable bonds is 5. The van der Waals surface area contributed by atoms with E-state index < -0.39 is 33.5 Å². The van der Waals surface area contributed by atoms with Crippen molar-refractivity contribution in [3.8, 4) is 0 Å². The van der Waals surface area contributed by atoms with Gasteiger partial charge in [-0.1, -0.05) is 0 Å². The molecule has 1 atom stereocenters. The van der Waals surface area contributed by atoms with Crippen molar-refractivity contribution in [3.05, 3.63) is 29.8 Å². The first-order chi connectivity index (χ1) is 9.92. The smallest absolute Gasteiger partial charge is 0.325 e. The highest BCUT2D eigenvalue weighted by Crippen LogP contribution is 2.14. The van der Waals surface area contributed by atoms with Crippen molar-refractivity contribution in [3.63, 3.8) is 0 Å². The molecule has 0 spiro atoms. The van der Waals surface area contributed by atoms with E-state index in [1.807, 2.05) is 0 Å². The van der Waals surface area contributed by atoms with Crippen LogP contribution < -0.4 is 10.0 Å². The molecule has 1 rings (SSSR count). The Morgan fingerprint density at radius 2 is 1.64 bits per heavy atom. The molecule has 3 N–H and O–H groups in total. The molecular weight excluding hydrogens is 308 g/mol. The molecule has 0 aliphatic heterocycles.